The van der Waals surface area contributed by atoms with Gasteiger partial charge in [0, 0.05) is 5.75 Å². The SMILES string of the molecule is CCCCCSC1=NS(=O)(=O)c2cc(CC)ccc2N1. The highest BCUT2D eigenvalue weighted by molar-refractivity contribution is 8.14. The lowest BCUT2D eigenvalue weighted by Gasteiger charge is -2.18. The average molecular weight is 312 g/mol. The van der Waals surface area contributed by atoms with Crippen LogP contribution >= 0.6 is 11.8 Å². The van der Waals surface area contributed by atoms with E-state index < -0.39 is 10.0 Å². The highest BCUT2D eigenvalue weighted by atomic mass is 32.2. The Bertz CT molecular complexity index is 610. The molecule has 1 aliphatic rings. The predicted octanol–water partition coefficient (Wildman–Crippen LogP) is 3.64. The maximum atomic E-state index is 12.2. The van der Waals surface area contributed by atoms with E-state index in [2.05, 4.69) is 16.6 Å². The van der Waals surface area contributed by atoms with Gasteiger partial charge in [-0.05, 0) is 30.5 Å². The van der Waals surface area contributed by atoms with E-state index in [1.54, 1.807) is 6.07 Å². The van der Waals surface area contributed by atoms with Crippen molar-refractivity contribution in [3.63, 3.8) is 0 Å². The van der Waals surface area contributed by atoms with Gasteiger partial charge in [-0.25, -0.2) is 0 Å². The Labute approximate surface area is 125 Å². The van der Waals surface area contributed by atoms with E-state index in [1.165, 1.54) is 11.8 Å². The van der Waals surface area contributed by atoms with Crippen LogP contribution in [0.15, 0.2) is 27.5 Å². The third-order valence-corrected chi connectivity index (χ3v) is 5.56. The number of thioether (sulfide) groups is 1. The molecule has 0 aromatic heterocycles. The van der Waals surface area contributed by atoms with Crippen LogP contribution in [0.25, 0.3) is 0 Å². The van der Waals surface area contributed by atoms with Crippen LogP contribution in [0.4, 0.5) is 5.69 Å². The van der Waals surface area contributed by atoms with Crippen molar-refractivity contribution in [3.8, 4) is 0 Å². The minimum Gasteiger partial charge on any atom is -0.333 e. The van der Waals surface area contributed by atoms with Crippen molar-refractivity contribution in [1.82, 2.24) is 0 Å². The number of sulfonamides is 1. The summed E-state index contributed by atoms with van der Waals surface area (Å²) in [6, 6.07) is 5.48. The molecule has 0 bridgehead atoms. The van der Waals surface area contributed by atoms with Crippen molar-refractivity contribution in [1.29, 1.82) is 0 Å². The Morgan fingerprint density at radius 1 is 1.25 bits per heavy atom. The zero-order valence-corrected chi connectivity index (χ0v) is 13.5. The fourth-order valence-corrected chi connectivity index (χ4v) is 4.27. The fourth-order valence-electron chi connectivity index (χ4n) is 1.98. The molecule has 0 saturated carbocycles. The molecule has 0 aliphatic carbocycles. The normalized spacial score (nSPS) is 16.2. The maximum absolute atomic E-state index is 12.2. The number of unbranched alkanes of at least 4 members (excludes halogenated alkanes) is 2. The van der Waals surface area contributed by atoms with Crippen LogP contribution in [0.2, 0.25) is 0 Å². The minimum absolute atomic E-state index is 0.287. The number of nitrogens with one attached hydrogen (secondary N) is 1. The van der Waals surface area contributed by atoms with Crippen LogP contribution in [0, 0.1) is 0 Å². The Kier molecular flexibility index (Phi) is 5.10. The Hall–Kier alpha value is -1.01. The van der Waals surface area contributed by atoms with Gasteiger partial charge in [-0.2, -0.15) is 8.42 Å². The van der Waals surface area contributed by atoms with E-state index >= 15 is 0 Å². The van der Waals surface area contributed by atoms with Crippen LogP contribution in [-0.2, 0) is 16.4 Å². The number of amidine groups is 1. The van der Waals surface area contributed by atoms with Crippen molar-refractivity contribution >= 4 is 32.6 Å². The molecular formula is C14H20N2O2S2. The molecule has 6 heteroatoms. The number of benzene rings is 1. The van der Waals surface area contributed by atoms with Crippen molar-refractivity contribution in [2.45, 2.75) is 44.4 Å². The standard InChI is InChI=1S/C14H20N2O2S2/c1-3-5-6-9-19-14-15-12-8-7-11(4-2)10-13(12)20(17,18)16-14/h7-8,10H,3-6,9H2,1-2H3,(H,15,16). The zero-order chi connectivity index (χ0) is 14.6. The molecule has 0 unspecified atom stereocenters. The lowest BCUT2D eigenvalue weighted by molar-refractivity contribution is 0.598. The lowest BCUT2D eigenvalue weighted by Crippen LogP contribution is -2.19. The molecule has 1 aromatic rings. The van der Waals surface area contributed by atoms with Crippen LogP contribution < -0.4 is 5.32 Å². The van der Waals surface area contributed by atoms with Crippen molar-refractivity contribution in [3.05, 3.63) is 23.8 Å². The molecule has 0 amide bonds. The number of aryl methyl sites for hydroxylation is 1. The van der Waals surface area contributed by atoms with Gasteiger partial charge >= 0.3 is 0 Å². The summed E-state index contributed by atoms with van der Waals surface area (Å²) in [4.78, 5) is 0.287. The second kappa shape index (κ2) is 6.63. The van der Waals surface area contributed by atoms with Crippen molar-refractivity contribution in [2.24, 2.45) is 4.40 Å². The van der Waals surface area contributed by atoms with E-state index in [9.17, 15) is 8.42 Å². The molecule has 1 aromatic carbocycles. The van der Waals surface area contributed by atoms with Gasteiger partial charge in [0.25, 0.3) is 10.0 Å². The third kappa shape index (κ3) is 3.55. The molecule has 0 saturated heterocycles. The molecule has 1 N–H and O–H groups in total. The lowest BCUT2D eigenvalue weighted by atomic mass is 10.1. The second-order valence-electron chi connectivity index (χ2n) is 4.74. The van der Waals surface area contributed by atoms with E-state index in [1.807, 2.05) is 19.1 Å². The van der Waals surface area contributed by atoms with Gasteiger partial charge in [0.15, 0.2) is 5.17 Å². The van der Waals surface area contributed by atoms with E-state index in [0.29, 0.717) is 10.9 Å². The van der Waals surface area contributed by atoms with Gasteiger partial charge < -0.3 is 5.32 Å². The highest BCUT2D eigenvalue weighted by Crippen LogP contribution is 2.30. The number of nitrogens with zero attached hydrogens (tertiary/aromatic N) is 1. The number of hydrogen-bond donors (Lipinski definition) is 1. The van der Waals surface area contributed by atoms with Crippen molar-refractivity contribution < 1.29 is 8.42 Å². The molecule has 0 atom stereocenters. The number of anilines is 1. The zero-order valence-electron chi connectivity index (χ0n) is 11.8. The summed E-state index contributed by atoms with van der Waals surface area (Å²) in [7, 11) is -3.56. The van der Waals surface area contributed by atoms with E-state index in [4.69, 9.17) is 0 Å². The fraction of sp³-hybridized carbons (Fsp3) is 0.500. The summed E-state index contributed by atoms with van der Waals surface area (Å²) in [5.74, 6) is 0.886. The van der Waals surface area contributed by atoms with Gasteiger partial charge in [-0.1, -0.05) is 44.5 Å². The van der Waals surface area contributed by atoms with Crippen LogP contribution in [-0.4, -0.2) is 19.3 Å². The second-order valence-corrected chi connectivity index (χ2v) is 7.39. The number of hydrogen-bond acceptors (Lipinski definition) is 4. The first-order chi connectivity index (χ1) is 9.56. The van der Waals surface area contributed by atoms with Gasteiger partial charge in [0.1, 0.15) is 4.90 Å². The average Bonchev–Trinajstić information content (AvgIpc) is 2.43. The summed E-state index contributed by atoms with van der Waals surface area (Å²) in [6.07, 6.45) is 4.19. The van der Waals surface area contributed by atoms with Crippen LogP contribution in [0.3, 0.4) is 0 Å². The molecule has 2 rings (SSSR count). The quantitative estimate of drug-likeness (QED) is 0.843. The van der Waals surface area contributed by atoms with Gasteiger partial charge in [-0.3, -0.25) is 0 Å². The summed E-state index contributed by atoms with van der Waals surface area (Å²) in [6.45, 7) is 4.15. The Morgan fingerprint density at radius 2 is 2.05 bits per heavy atom. The van der Waals surface area contributed by atoms with Gasteiger partial charge in [0.2, 0.25) is 0 Å². The number of fused-ring (bicyclic) bond motifs is 1. The van der Waals surface area contributed by atoms with Gasteiger partial charge in [0.05, 0.1) is 5.69 Å². The Morgan fingerprint density at radius 3 is 2.75 bits per heavy atom. The molecule has 0 fully saturated rings. The molecule has 1 aliphatic heterocycles. The molecule has 110 valence electrons. The first-order valence-electron chi connectivity index (χ1n) is 6.94. The third-order valence-electron chi connectivity index (χ3n) is 3.16. The number of rotatable bonds is 5. The summed E-state index contributed by atoms with van der Waals surface area (Å²) < 4.78 is 28.3. The highest BCUT2D eigenvalue weighted by Gasteiger charge is 2.25. The summed E-state index contributed by atoms with van der Waals surface area (Å²) in [5.41, 5.74) is 1.64. The molecule has 20 heavy (non-hydrogen) atoms. The molecular weight excluding hydrogens is 292 g/mol. The molecule has 0 spiro atoms. The van der Waals surface area contributed by atoms with Gasteiger partial charge in [-0.15, -0.1) is 4.40 Å². The van der Waals surface area contributed by atoms with Crippen LogP contribution in [0.5, 0.6) is 0 Å². The summed E-state index contributed by atoms with van der Waals surface area (Å²) in [5, 5.41) is 3.60. The topological polar surface area (TPSA) is 58.5 Å². The Balaban J connectivity index is 2.17. The van der Waals surface area contributed by atoms with Crippen LogP contribution in [0.1, 0.15) is 38.7 Å². The van der Waals surface area contributed by atoms with E-state index in [-0.39, 0.29) is 4.90 Å². The molecule has 0 radical (unpaired) electrons. The smallest absolute Gasteiger partial charge is 0.286 e. The monoisotopic (exact) mass is 312 g/mol. The summed E-state index contributed by atoms with van der Waals surface area (Å²) >= 11 is 1.47. The largest absolute Gasteiger partial charge is 0.333 e. The minimum atomic E-state index is -3.56. The first-order valence-corrected chi connectivity index (χ1v) is 9.37. The predicted molar refractivity (Wildman–Crippen MR) is 86.0 cm³/mol. The van der Waals surface area contributed by atoms with Crippen molar-refractivity contribution in [2.75, 3.05) is 11.1 Å². The first kappa shape index (κ1) is 15.4. The maximum Gasteiger partial charge on any atom is 0.286 e. The molecule has 1 heterocycles. The van der Waals surface area contributed by atoms with E-state index in [0.717, 1.165) is 37.0 Å². The molecule has 4 nitrogen and oxygen atoms in total.